The van der Waals surface area contributed by atoms with E-state index < -0.39 is 0 Å². The second-order valence-electron chi connectivity index (χ2n) is 4.96. The third kappa shape index (κ3) is 2.79. The lowest BCUT2D eigenvalue weighted by Gasteiger charge is -2.39. The summed E-state index contributed by atoms with van der Waals surface area (Å²) in [5.41, 5.74) is 4.21. The monoisotopic (exact) mass is 249 g/mol. The van der Waals surface area contributed by atoms with Crippen molar-refractivity contribution in [1.82, 2.24) is 5.01 Å². The number of hydrogen-bond acceptors (Lipinski definition) is 4. The molecule has 0 spiro atoms. The van der Waals surface area contributed by atoms with Gasteiger partial charge in [-0.3, -0.25) is 10.1 Å². The molecule has 1 N–H and O–H groups in total. The predicted octanol–water partition coefficient (Wildman–Crippen LogP) is 3.18. The normalized spacial score (nSPS) is 24.8. The molecule has 0 bridgehead atoms. The van der Waals surface area contributed by atoms with Crippen LogP contribution in [0.3, 0.4) is 0 Å². The van der Waals surface area contributed by atoms with Gasteiger partial charge in [-0.2, -0.15) is 0 Å². The van der Waals surface area contributed by atoms with E-state index in [0.717, 1.165) is 18.5 Å². The lowest BCUT2D eigenvalue weighted by Crippen LogP contribution is -2.47. The van der Waals surface area contributed by atoms with Crippen LogP contribution in [0, 0.1) is 10.1 Å². The van der Waals surface area contributed by atoms with Gasteiger partial charge in [0.05, 0.1) is 10.6 Å². The number of piperidine rings is 1. The summed E-state index contributed by atoms with van der Waals surface area (Å²) < 4.78 is 0. The molecule has 1 heterocycles. The average molecular weight is 249 g/mol. The van der Waals surface area contributed by atoms with Crippen LogP contribution in [-0.2, 0) is 0 Å². The number of nitrogens with one attached hydrogen (secondary N) is 1. The van der Waals surface area contributed by atoms with Crippen LogP contribution in [-0.4, -0.2) is 22.0 Å². The fourth-order valence-corrected chi connectivity index (χ4v) is 2.48. The first-order valence-corrected chi connectivity index (χ1v) is 6.37. The zero-order chi connectivity index (χ0) is 13.1. The molecule has 5 nitrogen and oxygen atoms in total. The summed E-state index contributed by atoms with van der Waals surface area (Å²) in [5.74, 6) is 0. The van der Waals surface area contributed by atoms with Crippen molar-refractivity contribution in [2.45, 2.75) is 45.2 Å². The van der Waals surface area contributed by atoms with Crippen molar-refractivity contribution in [3.8, 4) is 0 Å². The van der Waals surface area contributed by atoms with Gasteiger partial charge >= 0.3 is 0 Å². The minimum Gasteiger partial charge on any atom is -0.318 e. The molecule has 2 rings (SSSR count). The van der Waals surface area contributed by atoms with Crippen LogP contribution in [0.1, 0.15) is 33.1 Å². The molecular weight excluding hydrogens is 230 g/mol. The summed E-state index contributed by atoms with van der Waals surface area (Å²) in [7, 11) is 0. The van der Waals surface area contributed by atoms with Gasteiger partial charge in [-0.15, -0.1) is 0 Å². The molecule has 2 unspecified atom stereocenters. The van der Waals surface area contributed by atoms with Gasteiger partial charge in [-0.05, 0) is 32.8 Å². The van der Waals surface area contributed by atoms with Crippen molar-refractivity contribution in [3.05, 3.63) is 34.4 Å². The SMILES string of the molecule is CC1CCCC(C)N1Nc1cccc([N+](=O)[O-])c1. The molecule has 0 aliphatic carbocycles. The van der Waals surface area contributed by atoms with Crippen LogP contribution in [0.2, 0.25) is 0 Å². The smallest absolute Gasteiger partial charge is 0.271 e. The summed E-state index contributed by atoms with van der Waals surface area (Å²) >= 11 is 0. The third-order valence-corrected chi connectivity index (χ3v) is 3.51. The molecular formula is C13H19N3O2. The molecule has 0 amide bonds. The van der Waals surface area contributed by atoms with E-state index in [9.17, 15) is 10.1 Å². The van der Waals surface area contributed by atoms with Crippen LogP contribution in [0.5, 0.6) is 0 Å². The highest BCUT2D eigenvalue weighted by Crippen LogP contribution is 2.25. The first-order valence-electron chi connectivity index (χ1n) is 6.37. The summed E-state index contributed by atoms with van der Waals surface area (Å²) in [6.45, 7) is 4.36. The Labute approximate surface area is 107 Å². The van der Waals surface area contributed by atoms with Crippen molar-refractivity contribution < 1.29 is 4.92 Å². The number of hydrazine groups is 1. The van der Waals surface area contributed by atoms with Gasteiger partial charge in [0.1, 0.15) is 0 Å². The van der Waals surface area contributed by atoms with Crippen LogP contribution in [0.15, 0.2) is 24.3 Å². The second-order valence-corrected chi connectivity index (χ2v) is 4.96. The maximum absolute atomic E-state index is 10.7. The summed E-state index contributed by atoms with van der Waals surface area (Å²) in [6, 6.07) is 7.56. The Kier molecular flexibility index (Phi) is 3.81. The average Bonchev–Trinajstić information content (AvgIpc) is 2.34. The fraction of sp³-hybridized carbons (Fsp3) is 0.538. The molecule has 0 saturated carbocycles. The van der Waals surface area contributed by atoms with Gasteiger partial charge in [0.2, 0.25) is 0 Å². The van der Waals surface area contributed by atoms with E-state index in [0.29, 0.717) is 12.1 Å². The zero-order valence-electron chi connectivity index (χ0n) is 10.8. The Bertz CT molecular complexity index is 426. The highest BCUT2D eigenvalue weighted by molar-refractivity contribution is 5.50. The van der Waals surface area contributed by atoms with E-state index in [2.05, 4.69) is 24.3 Å². The van der Waals surface area contributed by atoms with Crippen molar-refractivity contribution >= 4 is 11.4 Å². The number of anilines is 1. The first kappa shape index (κ1) is 12.8. The van der Waals surface area contributed by atoms with Gasteiger partial charge in [0, 0.05) is 24.2 Å². The van der Waals surface area contributed by atoms with E-state index >= 15 is 0 Å². The minimum atomic E-state index is -0.367. The molecule has 5 heteroatoms. The number of benzene rings is 1. The van der Waals surface area contributed by atoms with Crippen LogP contribution in [0.4, 0.5) is 11.4 Å². The molecule has 0 radical (unpaired) electrons. The highest BCUT2D eigenvalue weighted by atomic mass is 16.6. The largest absolute Gasteiger partial charge is 0.318 e. The lowest BCUT2D eigenvalue weighted by atomic mass is 10.00. The maximum atomic E-state index is 10.7. The molecule has 0 aromatic heterocycles. The molecule has 1 fully saturated rings. The lowest BCUT2D eigenvalue weighted by molar-refractivity contribution is -0.384. The second kappa shape index (κ2) is 5.35. The summed E-state index contributed by atoms with van der Waals surface area (Å²) in [4.78, 5) is 10.4. The predicted molar refractivity (Wildman–Crippen MR) is 71.3 cm³/mol. The minimum absolute atomic E-state index is 0.123. The Hall–Kier alpha value is -1.62. The van der Waals surface area contributed by atoms with E-state index in [4.69, 9.17) is 0 Å². The van der Waals surface area contributed by atoms with Gasteiger partial charge in [0.25, 0.3) is 5.69 Å². The summed E-state index contributed by atoms with van der Waals surface area (Å²) in [5, 5.41) is 12.9. The van der Waals surface area contributed by atoms with E-state index in [1.54, 1.807) is 12.1 Å². The molecule has 1 saturated heterocycles. The van der Waals surface area contributed by atoms with E-state index in [1.807, 2.05) is 6.07 Å². The Balaban J connectivity index is 2.12. The molecule has 18 heavy (non-hydrogen) atoms. The molecule has 1 aliphatic heterocycles. The quantitative estimate of drug-likeness (QED) is 0.660. The Morgan fingerprint density at radius 1 is 1.33 bits per heavy atom. The first-order chi connectivity index (χ1) is 8.58. The van der Waals surface area contributed by atoms with Crippen molar-refractivity contribution in [2.75, 3.05) is 5.43 Å². The van der Waals surface area contributed by atoms with Crippen molar-refractivity contribution in [2.24, 2.45) is 0 Å². The molecule has 1 aromatic carbocycles. The van der Waals surface area contributed by atoms with E-state index in [-0.39, 0.29) is 10.6 Å². The van der Waals surface area contributed by atoms with Crippen LogP contribution in [0.25, 0.3) is 0 Å². The number of nitro groups is 1. The van der Waals surface area contributed by atoms with Gasteiger partial charge in [-0.25, -0.2) is 5.01 Å². The van der Waals surface area contributed by atoms with Crippen molar-refractivity contribution in [1.29, 1.82) is 0 Å². The molecule has 2 atom stereocenters. The fourth-order valence-electron chi connectivity index (χ4n) is 2.48. The zero-order valence-corrected chi connectivity index (χ0v) is 10.8. The molecule has 1 aromatic rings. The molecule has 98 valence electrons. The third-order valence-electron chi connectivity index (χ3n) is 3.51. The molecule has 1 aliphatic rings. The maximum Gasteiger partial charge on any atom is 0.271 e. The number of non-ortho nitro benzene ring substituents is 1. The van der Waals surface area contributed by atoms with E-state index in [1.165, 1.54) is 12.5 Å². The summed E-state index contributed by atoms with van der Waals surface area (Å²) in [6.07, 6.45) is 3.56. The standard InChI is InChI=1S/C13H19N3O2/c1-10-5-3-6-11(2)15(10)14-12-7-4-8-13(9-12)16(17)18/h4,7-11,14H,3,5-6H2,1-2H3. The Morgan fingerprint density at radius 2 is 2.00 bits per heavy atom. The van der Waals surface area contributed by atoms with Gasteiger partial charge in [0.15, 0.2) is 0 Å². The van der Waals surface area contributed by atoms with Gasteiger partial charge in [-0.1, -0.05) is 12.5 Å². The highest BCUT2D eigenvalue weighted by Gasteiger charge is 2.24. The van der Waals surface area contributed by atoms with Gasteiger partial charge < -0.3 is 5.43 Å². The number of nitrogens with zero attached hydrogens (tertiary/aromatic N) is 2. The van der Waals surface area contributed by atoms with Crippen LogP contribution >= 0.6 is 0 Å². The number of nitro benzene ring substituents is 1. The Morgan fingerprint density at radius 3 is 2.61 bits per heavy atom. The topological polar surface area (TPSA) is 58.4 Å². The number of rotatable bonds is 3. The van der Waals surface area contributed by atoms with Crippen molar-refractivity contribution in [3.63, 3.8) is 0 Å². The van der Waals surface area contributed by atoms with Crippen LogP contribution < -0.4 is 5.43 Å². The number of hydrogen-bond donors (Lipinski definition) is 1.